The predicted octanol–water partition coefficient (Wildman–Crippen LogP) is -0.162. The summed E-state index contributed by atoms with van der Waals surface area (Å²) in [5.74, 6) is 0. The highest BCUT2D eigenvalue weighted by Gasteiger charge is 2.06. The van der Waals surface area contributed by atoms with Crippen molar-refractivity contribution in [2.45, 2.75) is 19.4 Å². The van der Waals surface area contributed by atoms with Gasteiger partial charge in [-0.25, -0.2) is 13.1 Å². The van der Waals surface area contributed by atoms with Crippen LogP contribution in [0.15, 0.2) is 0 Å². The Kier molecular flexibility index (Phi) is 3.33. The zero-order chi connectivity index (χ0) is 8.20. The lowest BCUT2D eigenvalue weighted by Gasteiger charge is -2.05. The molecule has 0 bridgehead atoms. The zero-order valence-corrected chi connectivity index (χ0v) is 6.77. The molecule has 0 amide bonds. The van der Waals surface area contributed by atoms with Crippen molar-refractivity contribution in [2.24, 2.45) is 0 Å². The Balaban J connectivity index is 3.83. The molecule has 0 aliphatic heterocycles. The second kappa shape index (κ2) is 3.54. The topological polar surface area (TPSA) is 70.0 Å². The first-order valence-electron chi connectivity index (χ1n) is 2.80. The Morgan fingerprint density at radius 1 is 1.70 bits per heavy atom. The summed E-state index contributed by atoms with van der Waals surface area (Å²) in [6, 6.07) is 1.57. The standard InChI is InChI=1S/C5H10N2O2S/c1-5(3-4-6)7-10(2,8)9/h5,7H,3H2,1-2H3/t5-/m1/s1. The molecule has 5 heteroatoms. The fraction of sp³-hybridized carbons (Fsp3) is 0.800. The van der Waals surface area contributed by atoms with E-state index in [0.29, 0.717) is 0 Å². The van der Waals surface area contributed by atoms with Gasteiger partial charge in [0, 0.05) is 6.04 Å². The van der Waals surface area contributed by atoms with Crippen molar-refractivity contribution < 1.29 is 8.42 Å². The summed E-state index contributed by atoms with van der Waals surface area (Å²) in [4.78, 5) is 0. The van der Waals surface area contributed by atoms with Crippen LogP contribution >= 0.6 is 0 Å². The number of nitriles is 1. The van der Waals surface area contributed by atoms with E-state index in [1.165, 1.54) is 0 Å². The van der Waals surface area contributed by atoms with Gasteiger partial charge in [0.15, 0.2) is 0 Å². The quantitative estimate of drug-likeness (QED) is 0.626. The molecule has 0 aliphatic rings. The van der Waals surface area contributed by atoms with Crippen molar-refractivity contribution in [3.05, 3.63) is 0 Å². The van der Waals surface area contributed by atoms with Crippen LogP contribution in [0.3, 0.4) is 0 Å². The predicted molar refractivity (Wildman–Crippen MR) is 37.7 cm³/mol. The molecular weight excluding hydrogens is 152 g/mol. The number of sulfonamides is 1. The van der Waals surface area contributed by atoms with E-state index in [1.807, 2.05) is 6.07 Å². The van der Waals surface area contributed by atoms with Gasteiger partial charge in [0.05, 0.1) is 18.7 Å². The Labute approximate surface area is 60.9 Å². The van der Waals surface area contributed by atoms with Crippen LogP contribution in [-0.2, 0) is 10.0 Å². The van der Waals surface area contributed by atoms with E-state index >= 15 is 0 Å². The average Bonchev–Trinajstić information content (AvgIpc) is 1.59. The lowest BCUT2D eigenvalue weighted by atomic mass is 10.3. The number of hydrogen-bond acceptors (Lipinski definition) is 3. The van der Waals surface area contributed by atoms with Gasteiger partial charge in [0.25, 0.3) is 0 Å². The van der Waals surface area contributed by atoms with Crippen molar-refractivity contribution in [3.8, 4) is 6.07 Å². The Morgan fingerprint density at radius 2 is 2.20 bits per heavy atom. The Morgan fingerprint density at radius 3 is 2.50 bits per heavy atom. The number of nitrogens with one attached hydrogen (secondary N) is 1. The van der Waals surface area contributed by atoms with Crippen LogP contribution in [-0.4, -0.2) is 20.7 Å². The molecule has 4 nitrogen and oxygen atoms in total. The summed E-state index contributed by atoms with van der Waals surface area (Å²) >= 11 is 0. The fourth-order valence-electron chi connectivity index (χ4n) is 0.544. The molecule has 0 aromatic rings. The molecule has 0 rings (SSSR count). The third-order valence-corrected chi connectivity index (χ3v) is 1.64. The minimum absolute atomic E-state index is 0.201. The SMILES string of the molecule is C[C@H](CC#N)NS(C)(=O)=O. The van der Waals surface area contributed by atoms with Crippen LogP contribution < -0.4 is 4.72 Å². The molecule has 58 valence electrons. The fourth-order valence-corrected chi connectivity index (χ4v) is 1.36. The van der Waals surface area contributed by atoms with Gasteiger partial charge in [0.1, 0.15) is 0 Å². The monoisotopic (exact) mass is 162 g/mol. The molecule has 0 aromatic heterocycles. The molecule has 0 fully saturated rings. The van der Waals surface area contributed by atoms with Gasteiger partial charge in [-0.15, -0.1) is 0 Å². The molecule has 0 aromatic carbocycles. The van der Waals surface area contributed by atoms with E-state index in [0.717, 1.165) is 6.26 Å². The molecule has 0 spiro atoms. The largest absolute Gasteiger partial charge is 0.213 e. The Bertz CT molecular complexity index is 227. The Hall–Kier alpha value is -0.600. The van der Waals surface area contributed by atoms with Gasteiger partial charge in [-0.3, -0.25) is 0 Å². The first kappa shape index (κ1) is 9.40. The second-order valence-corrected chi connectivity index (χ2v) is 3.93. The van der Waals surface area contributed by atoms with Gasteiger partial charge in [-0.05, 0) is 6.92 Å². The lowest BCUT2D eigenvalue weighted by Crippen LogP contribution is -2.31. The van der Waals surface area contributed by atoms with Gasteiger partial charge in [-0.1, -0.05) is 0 Å². The smallest absolute Gasteiger partial charge is 0.208 e. The molecule has 0 saturated heterocycles. The van der Waals surface area contributed by atoms with Crippen molar-refractivity contribution in [1.29, 1.82) is 5.26 Å². The highest BCUT2D eigenvalue weighted by atomic mass is 32.2. The lowest BCUT2D eigenvalue weighted by molar-refractivity contribution is 0.569. The highest BCUT2D eigenvalue weighted by molar-refractivity contribution is 7.88. The summed E-state index contributed by atoms with van der Waals surface area (Å²) in [7, 11) is -3.15. The molecule has 10 heavy (non-hydrogen) atoms. The van der Waals surface area contributed by atoms with Gasteiger partial charge < -0.3 is 0 Å². The molecule has 0 radical (unpaired) electrons. The molecule has 1 N–H and O–H groups in total. The molecule has 0 unspecified atom stereocenters. The van der Waals surface area contributed by atoms with Crippen LogP contribution in [0.5, 0.6) is 0 Å². The number of rotatable bonds is 3. The highest BCUT2D eigenvalue weighted by Crippen LogP contribution is 1.89. The van der Waals surface area contributed by atoms with Crippen molar-refractivity contribution in [3.63, 3.8) is 0 Å². The van der Waals surface area contributed by atoms with E-state index < -0.39 is 10.0 Å². The zero-order valence-electron chi connectivity index (χ0n) is 5.96. The van der Waals surface area contributed by atoms with Crippen molar-refractivity contribution in [1.82, 2.24) is 4.72 Å². The molecular formula is C5H10N2O2S. The van der Waals surface area contributed by atoms with Crippen molar-refractivity contribution in [2.75, 3.05) is 6.26 Å². The van der Waals surface area contributed by atoms with Crippen LogP contribution in [0.25, 0.3) is 0 Å². The first-order chi connectivity index (χ1) is 4.45. The molecule has 1 atom stereocenters. The second-order valence-electron chi connectivity index (χ2n) is 2.15. The van der Waals surface area contributed by atoms with Crippen LogP contribution in [0.2, 0.25) is 0 Å². The van der Waals surface area contributed by atoms with Gasteiger partial charge in [-0.2, -0.15) is 5.26 Å². The maximum Gasteiger partial charge on any atom is 0.208 e. The first-order valence-corrected chi connectivity index (χ1v) is 4.69. The summed E-state index contributed by atoms with van der Waals surface area (Å²) in [6.07, 6.45) is 1.27. The minimum Gasteiger partial charge on any atom is -0.213 e. The maximum absolute atomic E-state index is 10.5. The van der Waals surface area contributed by atoms with E-state index in [2.05, 4.69) is 4.72 Å². The molecule has 0 saturated carbocycles. The normalized spacial score (nSPS) is 14.1. The maximum atomic E-state index is 10.5. The molecule has 0 aliphatic carbocycles. The van der Waals surface area contributed by atoms with Crippen molar-refractivity contribution >= 4 is 10.0 Å². The summed E-state index contributed by atoms with van der Waals surface area (Å²) in [5.41, 5.74) is 0. The number of nitrogens with zero attached hydrogens (tertiary/aromatic N) is 1. The molecule has 0 heterocycles. The van der Waals surface area contributed by atoms with Crippen LogP contribution in [0, 0.1) is 11.3 Å². The van der Waals surface area contributed by atoms with Gasteiger partial charge >= 0.3 is 0 Å². The summed E-state index contributed by atoms with van der Waals surface area (Å²) < 4.78 is 23.3. The summed E-state index contributed by atoms with van der Waals surface area (Å²) in [5, 5.41) is 8.15. The third kappa shape index (κ3) is 5.54. The summed E-state index contributed by atoms with van der Waals surface area (Å²) in [6.45, 7) is 1.64. The van der Waals surface area contributed by atoms with E-state index in [-0.39, 0.29) is 12.5 Å². The van der Waals surface area contributed by atoms with E-state index in [4.69, 9.17) is 5.26 Å². The van der Waals surface area contributed by atoms with E-state index in [1.54, 1.807) is 6.92 Å². The number of hydrogen-bond donors (Lipinski definition) is 1. The average molecular weight is 162 g/mol. The van der Waals surface area contributed by atoms with Gasteiger partial charge in [0.2, 0.25) is 10.0 Å². The van der Waals surface area contributed by atoms with Crippen LogP contribution in [0.4, 0.5) is 0 Å². The van der Waals surface area contributed by atoms with E-state index in [9.17, 15) is 8.42 Å². The minimum atomic E-state index is -3.15. The van der Waals surface area contributed by atoms with Crippen LogP contribution in [0.1, 0.15) is 13.3 Å². The third-order valence-electron chi connectivity index (χ3n) is 0.813.